The van der Waals surface area contributed by atoms with Gasteiger partial charge in [-0.3, -0.25) is 4.99 Å². The van der Waals surface area contributed by atoms with E-state index in [1.165, 1.54) is 38.5 Å². The molecular weight excluding hydrogens is 226 g/mol. The van der Waals surface area contributed by atoms with Crippen LogP contribution in [0.1, 0.15) is 58.8 Å². The van der Waals surface area contributed by atoms with Gasteiger partial charge >= 0.3 is 0 Å². The van der Waals surface area contributed by atoms with Crippen molar-refractivity contribution in [3.63, 3.8) is 0 Å². The van der Waals surface area contributed by atoms with Gasteiger partial charge < -0.3 is 17.2 Å². The first-order valence-electron chi connectivity index (χ1n) is 6.99. The molecule has 106 valence electrons. The van der Waals surface area contributed by atoms with E-state index in [0.717, 1.165) is 12.3 Å². The van der Waals surface area contributed by atoms with Crippen LogP contribution in [0.25, 0.3) is 0 Å². The van der Waals surface area contributed by atoms with Crippen LogP contribution in [0.5, 0.6) is 0 Å². The highest BCUT2D eigenvalue weighted by Crippen LogP contribution is 2.16. The number of nitrogens with zero attached hydrogens (tertiary/aromatic N) is 2. The Balaban J connectivity index is 3.49. The fourth-order valence-corrected chi connectivity index (χ4v) is 1.96. The fourth-order valence-electron chi connectivity index (χ4n) is 1.96. The maximum absolute atomic E-state index is 5.49. The van der Waals surface area contributed by atoms with Crippen LogP contribution in [-0.4, -0.2) is 18.5 Å². The Morgan fingerprint density at radius 1 is 0.944 bits per heavy atom. The molecule has 0 saturated heterocycles. The van der Waals surface area contributed by atoms with Gasteiger partial charge in [0.1, 0.15) is 0 Å². The topological polar surface area (TPSA) is 103 Å². The number of rotatable bonds is 9. The summed E-state index contributed by atoms with van der Waals surface area (Å²) in [4.78, 5) is 7.73. The SMILES string of the molecule is CCC(CC)CCCCCCN=C(N)N=C(N)N. The van der Waals surface area contributed by atoms with Crippen molar-refractivity contribution < 1.29 is 0 Å². The molecule has 0 bridgehead atoms. The Labute approximate surface area is 111 Å². The first-order valence-corrected chi connectivity index (χ1v) is 6.99. The number of aliphatic imine (C=N–C) groups is 2. The van der Waals surface area contributed by atoms with Gasteiger partial charge in [0.25, 0.3) is 0 Å². The molecule has 5 nitrogen and oxygen atoms in total. The predicted octanol–water partition coefficient (Wildman–Crippen LogP) is 1.96. The molecule has 0 aliphatic heterocycles. The van der Waals surface area contributed by atoms with Gasteiger partial charge in [0.05, 0.1) is 0 Å². The average Bonchev–Trinajstić information content (AvgIpc) is 2.32. The van der Waals surface area contributed by atoms with Gasteiger partial charge in [-0.15, -0.1) is 0 Å². The van der Waals surface area contributed by atoms with Crippen molar-refractivity contribution in [2.45, 2.75) is 58.8 Å². The molecule has 0 amide bonds. The number of hydrogen-bond acceptors (Lipinski definition) is 1. The van der Waals surface area contributed by atoms with E-state index < -0.39 is 0 Å². The van der Waals surface area contributed by atoms with Crippen LogP contribution < -0.4 is 17.2 Å². The molecule has 6 N–H and O–H groups in total. The summed E-state index contributed by atoms with van der Waals surface area (Å²) in [5, 5.41) is 0. The van der Waals surface area contributed by atoms with E-state index in [9.17, 15) is 0 Å². The highest BCUT2D eigenvalue weighted by molar-refractivity contribution is 5.92. The van der Waals surface area contributed by atoms with E-state index in [2.05, 4.69) is 23.8 Å². The van der Waals surface area contributed by atoms with E-state index in [-0.39, 0.29) is 11.9 Å². The van der Waals surface area contributed by atoms with Crippen LogP contribution in [0, 0.1) is 5.92 Å². The van der Waals surface area contributed by atoms with Gasteiger partial charge in [-0.05, 0) is 12.3 Å². The molecule has 5 heteroatoms. The molecule has 0 rings (SSSR count). The molecule has 0 fully saturated rings. The smallest absolute Gasteiger partial charge is 0.218 e. The van der Waals surface area contributed by atoms with Gasteiger partial charge in [-0.2, -0.15) is 4.99 Å². The number of guanidine groups is 2. The van der Waals surface area contributed by atoms with Crippen LogP contribution >= 0.6 is 0 Å². The summed E-state index contributed by atoms with van der Waals surface area (Å²) in [6.45, 7) is 5.25. The third-order valence-electron chi connectivity index (χ3n) is 3.19. The minimum absolute atomic E-state index is 0.0403. The molecular formula is C13H29N5. The van der Waals surface area contributed by atoms with E-state index in [1.54, 1.807) is 0 Å². The molecule has 18 heavy (non-hydrogen) atoms. The molecule has 0 heterocycles. The van der Waals surface area contributed by atoms with Crippen LogP contribution in [0.2, 0.25) is 0 Å². The fraction of sp³-hybridized carbons (Fsp3) is 0.846. The standard InChI is InChI=1S/C13H29N5/c1-3-11(4-2)9-7-5-6-8-10-17-13(16)18-12(14)15/h11H,3-10H2,1-2H3,(H6,14,15,16,17,18). The highest BCUT2D eigenvalue weighted by atomic mass is 15.1. The van der Waals surface area contributed by atoms with Crippen molar-refractivity contribution in [1.82, 2.24) is 0 Å². The predicted molar refractivity (Wildman–Crippen MR) is 79.5 cm³/mol. The third kappa shape index (κ3) is 9.93. The van der Waals surface area contributed by atoms with Crippen molar-refractivity contribution in [3.05, 3.63) is 0 Å². The molecule has 0 aromatic heterocycles. The van der Waals surface area contributed by atoms with E-state index in [0.29, 0.717) is 6.54 Å². The normalized spacial score (nSPS) is 11.8. The highest BCUT2D eigenvalue weighted by Gasteiger charge is 2.02. The van der Waals surface area contributed by atoms with Crippen molar-refractivity contribution in [3.8, 4) is 0 Å². The van der Waals surface area contributed by atoms with Crippen LogP contribution in [0.15, 0.2) is 9.98 Å². The van der Waals surface area contributed by atoms with Crippen molar-refractivity contribution in [2.24, 2.45) is 33.1 Å². The van der Waals surface area contributed by atoms with Crippen LogP contribution in [0.4, 0.5) is 0 Å². The van der Waals surface area contributed by atoms with Gasteiger partial charge in [-0.1, -0.05) is 52.4 Å². The largest absolute Gasteiger partial charge is 0.370 e. The molecule has 0 aromatic rings. The lowest BCUT2D eigenvalue weighted by Crippen LogP contribution is -2.26. The third-order valence-corrected chi connectivity index (χ3v) is 3.19. The summed E-state index contributed by atoms with van der Waals surface area (Å²) in [5.74, 6) is 1.04. The van der Waals surface area contributed by atoms with Gasteiger partial charge in [0.2, 0.25) is 5.96 Å². The zero-order chi connectivity index (χ0) is 13.8. The second-order valence-electron chi connectivity index (χ2n) is 4.66. The van der Waals surface area contributed by atoms with Crippen molar-refractivity contribution in [1.29, 1.82) is 0 Å². The molecule has 0 spiro atoms. The summed E-state index contributed by atoms with van der Waals surface area (Å²) >= 11 is 0. The first kappa shape index (κ1) is 16.7. The average molecular weight is 255 g/mol. The minimum Gasteiger partial charge on any atom is -0.370 e. The molecule has 0 saturated carbocycles. The zero-order valence-corrected chi connectivity index (χ0v) is 11.9. The molecule has 0 aromatic carbocycles. The summed E-state index contributed by atoms with van der Waals surface area (Å²) in [5.41, 5.74) is 15.9. The number of hydrogen-bond donors (Lipinski definition) is 3. The number of nitrogens with two attached hydrogens (primary N) is 3. The minimum atomic E-state index is -0.0403. The Kier molecular flexibility index (Phi) is 10.1. The van der Waals surface area contributed by atoms with Crippen molar-refractivity contribution >= 4 is 11.9 Å². The first-order chi connectivity index (χ1) is 8.60. The maximum Gasteiger partial charge on any atom is 0.218 e. The molecule has 0 unspecified atom stereocenters. The quantitative estimate of drug-likeness (QED) is 0.333. The lowest BCUT2D eigenvalue weighted by Gasteiger charge is -2.10. The van der Waals surface area contributed by atoms with Gasteiger partial charge in [0.15, 0.2) is 5.96 Å². The summed E-state index contributed by atoms with van der Waals surface area (Å²) < 4.78 is 0. The van der Waals surface area contributed by atoms with E-state index in [4.69, 9.17) is 17.2 Å². The molecule has 0 aliphatic carbocycles. The second-order valence-corrected chi connectivity index (χ2v) is 4.66. The van der Waals surface area contributed by atoms with Crippen LogP contribution in [-0.2, 0) is 0 Å². The summed E-state index contributed by atoms with van der Waals surface area (Å²) in [6, 6.07) is 0. The van der Waals surface area contributed by atoms with E-state index in [1.807, 2.05) is 0 Å². The Morgan fingerprint density at radius 3 is 2.11 bits per heavy atom. The molecule has 0 atom stereocenters. The Morgan fingerprint density at radius 2 is 1.56 bits per heavy atom. The molecule has 0 radical (unpaired) electrons. The monoisotopic (exact) mass is 255 g/mol. The van der Waals surface area contributed by atoms with Crippen LogP contribution in [0.3, 0.4) is 0 Å². The lowest BCUT2D eigenvalue weighted by molar-refractivity contribution is 0.429. The second kappa shape index (κ2) is 10.9. The zero-order valence-electron chi connectivity index (χ0n) is 11.9. The summed E-state index contributed by atoms with van der Waals surface area (Å²) in [6.07, 6.45) is 8.79. The lowest BCUT2D eigenvalue weighted by atomic mass is 9.96. The van der Waals surface area contributed by atoms with Gasteiger partial charge in [0, 0.05) is 6.54 Å². The van der Waals surface area contributed by atoms with Gasteiger partial charge in [-0.25, -0.2) is 0 Å². The Hall–Kier alpha value is -1.26. The van der Waals surface area contributed by atoms with E-state index >= 15 is 0 Å². The number of unbranched alkanes of at least 4 members (excludes halogenated alkanes) is 3. The van der Waals surface area contributed by atoms with Crippen molar-refractivity contribution in [2.75, 3.05) is 6.54 Å². The maximum atomic E-state index is 5.49. The molecule has 0 aliphatic rings. The summed E-state index contributed by atoms with van der Waals surface area (Å²) in [7, 11) is 0. The Bertz CT molecular complexity index is 252.